The molecule has 0 aromatic heterocycles. The molecule has 0 saturated heterocycles. The highest BCUT2D eigenvalue weighted by Crippen LogP contribution is 2.14. The van der Waals surface area contributed by atoms with E-state index in [0.717, 1.165) is 0 Å². The number of ether oxygens (including phenoxy) is 1. The fourth-order valence-corrected chi connectivity index (χ4v) is 1.88. The standard InChI is InChI=1S/C16H15N3O5/c1-23-14-4-2-3-12(10-14)16(20)24-18-15(17)9-11-5-7-13(8-6-11)19(21)22/h2-8,10H,9H2,1H3,(H2,17,18). The van der Waals surface area contributed by atoms with Gasteiger partial charge in [0.1, 0.15) is 11.6 Å². The van der Waals surface area contributed by atoms with Gasteiger partial charge in [-0.2, -0.15) is 0 Å². The maximum absolute atomic E-state index is 11.9. The first-order valence-electron chi connectivity index (χ1n) is 6.90. The van der Waals surface area contributed by atoms with Gasteiger partial charge in [0.05, 0.1) is 17.6 Å². The average Bonchev–Trinajstić information content (AvgIpc) is 2.60. The minimum atomic E-state index is -0.666. The number of methoxy groups -OCH3 is 1. The maximum atomic E-state index is 11.9. The van der Waals surface area contributed by atoms with E-state index in [9.17, 15) is 14.9 Å². The van der Waals surface area contributed by atoms with Gasteiger partial charge in [-0.05, 0) is 23.8 Å². The number of nitro groups is 1. The highest BCUT2D eigenvalue weighted by atomic mass is 16.7. The lowest BCUT2D eigenvalue weighted by atomic mass is 10.1. The first-order chi connectivity index (χ1) is 11.5. The van der Waals surface area contributed by atoms with Crippen molar-refractivity contribution in [3.8, 4) is 5.75 Å². The van der Waals surface area contributed by atoms with Crippen LogP contribution >= 0.6 is 0 Å². The van der Waals surface area contributed by atoms with Crippen LogP contribution in [0.25, 0.3) is 0 Å². The Morgan fingerprint density at radius 2 is 1.96 bits per heavy atom. The lowest BCUT2D eigenvalue weighted by Gasteiger charge is -2.03. The molecule has 0 radical (unpaired) electrons. The molecular weight excluding hydrogens is 314 g/mol. The molecule has 0 atom stereocenters. The fourth-order valence-electron chi connectivity index (χ4n) is 1.88. The van der Waals surface area contributed by atoms with Crippen molar-refractivity contribution in [1.82, 2.24) is 0 Å². The molecule has 8 nitrogen and oxygen atoms in total. The van der Waals surface area contributed by atoms with Crippen LogP contribution in [0.1, 0.15) is 15.9 Å². The molecule has 0 unspecified atom stereocenters. The first kappa shape index (κ1) is 16.9. The van der Waals surface area contributed by atoms with Gasteiger partial charge in [0.2, 0.25) is 0 Å². The summed E-state index contributed by atoms with van der Waals surface area (Å²) in [4.78, 5) is 26.8. The van der Waals surface area contributed by atoms with Crippen LogP contribution in [0.15, 0.2) is 53.7 Å². The van der Waals surface area contributed by atoms with Gasteiger partial charge in [-0.3, -0.25) is 10.1 Å². The molecular formula is C16H15N3O5. The second-order valence-corrected chi connectivity index (χ2v) is 4.79. The molecule has 0 aliphatic heterocycles. The van der Waals surface area contributed by atoms with Crippen molar-refractivity contribution >= 4 is 17.5 Å². The number of nitrogens with two attached hydrogens (primary N) is 1. The summed E-state index contributed by atoms with van der Waals surface area (Å²) in [6, 6.07) is 12.3. The predicted octanol–water partition coefficient (Wildman–Crippen LogP) is 2.28. The molecule has 2 rings (SSSR count). The summed E-state index contributed by atoms with van der Waals surface area (Å²) in [6.45, 7) is 0. The number of carbonyl (C=O) groups is 1. The Labute approximate surface area is 137 Å². The van der Waals surface area contributed by atoms with Gasteiger partial charge < -0.3 is 15.3 Å². The summed E-state index contributed by atoms with van der Waals surface area (Å²) >= 11 is 0. The lowest BCUT2D eigenvalue weighted by Crippen LogP contribution is -2.16. The molecule has 8 heteroatoms. The molecule has 0 saturated carbocycles. The zero-order valence-electron chi connectivity index (χ0n) is 12.8. The topological polar surface area (TPSA) is 117 Å². The number of oxime groups is 1. The van der Waals surface area contributed by atoms with Crippen molar-refractivity contribution in [2.75, 3.05) is 7.11 Å². The number of hydrogen-bond donors (Lipinski definition) is 1. The van der Waals surface area contributed by atoms with Crippen molar-refractivity contribution in [2.45, 2.75) is 6.42 Å². The third-order valence-corrected chi connectivity index (χ3v) is 3.08. The van der Waals surface area contributed by atoms with E-state index >= 15 is 0 Å². The molecule has 0 bridgehead atoms. The minimum absolute atomic E-state index is 0.0151. The number of nitro benzene ring substituents is 1. The second kappa shape index (κ2) is 7.73. The summed E-state index contributed by atoms with van der Waals surface area (Å²) in [5.41, 5.74) is 6.67. The molecule has 2 aromatic carbocycles. The highest BCUT2D eigenvalue weighted by Gasteiger charge is 2.09. The van der Waals surface area contributed by atoms with Crippen LogP contribution in [-0.4, -0.2) is 23.8 Å². The Hall–Kier alpha value is -3.42. The van der Waals surface area contributed by atoms with Crippen molar-refractivity contribution in [3.63, 3.8) is 0 Å². The Balaban J connectivity index is 1.97. The summed E-state index contributed by atoms with van der Waals surface area (Å²) in [5, 5.41) is 14.2. The van der Waals surface area contributed by atoms with Gasteiger partial charge in [0.15, 0.2) is 0 Å². The zero-order chi connectivity index (χ0) is 17.5. The van der Waals surface area contributed by atoms with Crippen LogP contribution in [0.2, 0.25) is 0 Å². The molecule has 0 spiro atoms. The van der Waals surface area contributed by atoms with Crippen LogP contribution in [-0.2, 0) is 11.3 Å². The largest absolute Gasteiger partial charge is 0.497 e. The number of hydrogen-bond acceptors (Lipinski definition) is 6. The van der Waals surface area contributed by atoms with E-state index in [-0.39, 0.29) is 23.5 Å². The Morgan fingerprint density at radius 3 is 2.58 bits per heavy atom. The summed E-state index contributed by atoms with van der Waals surface area (Å²) in [6.07, 6.45) is 0.198. The van der Waals surface area contributed by atoms with Crippen LogP contribution in [0.5, 0.6) is 5.75 Å². The normalized spacial score (nSPS) is 11.0. The highest BCUT2D eigenvalue weighted by molar-refractivity contribution is 5.91. The SMILES string of the molecule is COc1cccc(C(=O)O/N=C(/N)Cc2ccc([N+](=O)[O-])cc2)c1. The van der Waals surface area contributed by atoms with E-state index < -0.39 is 10.9 Å². The Bertz CT molecular complexity index is 772. The molecule has 0 fully saturated rings. The van der Waals surface area contributed by atoms with Crippen molar-refractivity contribution in [3.05, 3.63) is 69.8 Å². The lowest BCUT2D eigenvalue weighted by molar-refractivity contribution is -0.384. The van der Waals surface area contributed by atoms with Gasteiger partial charge >= 0.3 is 5.97 Å². The number of benzene rings is 2. The molecule has 2 N–H and O–H groups in total. The van der Waals surface area contributed by atoms with Crippen LogP contribution in [0.4, 0.5) is 5.69 Å². The van der Waals surface area contributed by atoms with Crippen molar-refractivity contribution in [2.24, 2.45) is 10.9 Å². The maximum Gasteiger partial charge on any atom is 0.365 e. The molecule has 0 heterocycles. The Kier molecular flexibility index (Phi) is 5.45. The second-order valence-electron chi connectivity index (χ2n) is 4.79. The third-order valence-electron chi connectivity index (χ3n) is 3.08. The first-order valence-corrected chi connectivity index (χ1v) is 6.90. The molecule has 124 valence electrons. The van der Waals surface area contributed by atoms with E-state index in [2.05, 4.69) is 5.16 Å². The number of non-ortho nitro benzene ring substituents is 1. The van der Waals surface area contributed by atoms with Crippen molar-refractivity contribution in [1.29, 1.82) is 0 Å². The summed E-state index contributed by atoms with van der Waals surface area (Å²) < 4.78 is 5.02. The zero-order valence-corrected chi connectivity index (χ0v) is 12.8. The third kappa shape index (κ3) is 4.54. The number of nitrogens with zero attached hydrogens (tertiary/aromatic N) is 2. The van der Waals surface area contributed by atoms with Gasteiger partial charge in [0, 0.05) is 18.6 Å². The number of carbonyl (C=O) groups excluding carboxylic acids is 1. The van der Waals surface area contributed by atoms with Crippen LogP contribution < -0.4 is 10.5 Å². The van der Waals surface area contributed by atoms with Gasteiger partial charge in [-0.15, -0.1) is 0 Å². The number of rotatable bonds is 6. The summed E-state index contributed by atoms with van der Waals surface area (Å²) in [5.74, 6) is -0.0760. The molecule has 2 aromatic rings. The summed E-state index contributed by atoms with van der Waals surface area (Å²) in [7, 11) is 1.49. The van der Waals surface area contributed by atoms with E-state index in [1.54, 1.807) is 30.3 Å². The van der Waals surface area contributed by atoms with E-state index in [1.165, 1.54) is 25.3 Å². The molecule has 24 heavy (non-hydrogen) atoms. The molecule has 0 aliphatic carbocycles. The van der Waals surface area contributed by atoms with E-state index in [4.69, 9.17) is 15.3 Å². The molecule has 0 amide bonds. The quantitative estimate of drug-likeness (QED) is 0.286. The van der Waals surface area contributed by atoms with E-state index in [1.807, 2.05) is 0 Å². The predicted molar refractivity (Wildman–Crippen MR) is 86.8 cm³/mol. The Morgan fingerprint density at radius 1 is 1.25 bits per heavy atom. The van der Waals surface area contributed by atoms with Crippen LogP contribution in [0.3, 0.4) is 0 Å². The van der Waals surface area contributed by atoms with Gasteiger partial charge in [0.25, 0.3) is 5.69 Å². The number of amidine groups is 1. The van der Waals surface area contributed by atoms with Gasteiger partial charge in [-0.25, -0.2) is 4.79 Å². The fraction of sp³-hybridized carbons (Fsp3) is 0.125. The average molecular weight is 329 g/mol. The van der Waals surface area contributed by atoms with Crippen LogP contribution in [0, 0.1) is 10.1 Å². The monoisotopic (exact) mass is 329 g/mol. The van der Waals surface area contributed by atoms with Gasteiger partial charge in [-0.1, -0.05) is 23.4 Å². The minimum Gasteiger partial charge on any atom is -0.497 e. The smallest absolute Gasteiger partial charge is 0.365 e. The van der Waals surface area contributed by atoms with Crippen molar-refractivity contribution < 1.29 is 19.3 Å². The van der Waals surface area contributed by atoms with E-state index in [0.29, 0.717) is 11.3 Å². The molecule has 0 aliphatic rings.